The second kappa shape index (κ2) is 5.67. The highest BCUT2D eigenvalue weighted by atomic mass is 16.5. The first kappa shape index (κ1) is 11.9. The van der Waals surface area contributed by atoms with Crippen molar-refractivity contribution in [1.82, 2.24) is 5.32 Å². The number of hydrogen-bond donors (Lipinski definition) is 1. The zero-order valence-corrected chi connectivity index (χ0v) is 10.2. The Labute approximate surface area is 97.9 Å². The van der Waals surface area contributed by atoms with Gasteiger partial charge in [0.1, 0.15) is 0 Å². The van der Waals surface area contributed by atoms with Gasteiger partial charge in [0.2, 0.25) is 0 Å². The summed E-state index contributed by atoms with van der Waals surface area (Å²) in [6.07, 6.45) is 7.41. The fraction of sp³-hybridized carbons (Fsp3) is 0.923. The highest BCUT2D eigenvalue weighted by molar-refractivity contribution is 5.73. The molecule has 2 unspecified atom stereocenters. The Balaban J connectivity index is 1.75. The first-order valence-corrected chi connectivity index (χ1v) is 6.71. The van der Waals surface area contributed by atoms with E-state index in [4.69, 9.17) is 4.74 Å². The van der Waals surface area contributed by atoms with E-state index in [9.17, 15) is 4.79 Å². The van der Waals surface area contributed by atoms with Crippen LogP contribution < -0.4 is 5.32 Å². The van der Waals surface area contributed by atoms with Crippen molar-refractivity contribution < 1.29 is 9.53 Å². The topological polar surface area (TPSA) is 38.3 Å². The normalized spacial score (nSPS) is 30.1. The van der Waals surface area contributed by atoms with E-state index < -0.39 is 0 Å². The lowest BCUT2D eigenvalue weighted by Crippen LogP contribution is -2.40. The van der Waals surface area contributed by atoms with Crippen LogP contribution in [0.2, 0.25) is 0 Å². The summed E-state index contributed by atoms with van der Waals surface area (Å²) in [5.41, 5.74) is 0. The summed E-state index contributed by atoms with van der Waals surface area (Å²) in [5, 5.41) is 3.57. The van der Waals surface area contributed by atoms with E-state index in [1.807, 2.05) is 6.92 Å². The molecule has 2 saturated carbocycles. The van der Waals surface area contributed by atoms with Crippen molar-refractivity contribution in [2.75, 3.05) is 13.2 Å². The van der Waals surface area contributed by atoms with E-state index in [0.29, 0.717) is 12.6 Å². The van der Waals surface area contributed by atoms with Crippen LogP contribution in [0.1, 0.15) is 45.4 Å². The van der Waals surface area contributed by atoms with E-state index in [1.54, 1.807) is 0 Å². The van der Waals surface area contributed by atoms with E-state index in [0.717, 1.165) is 31.7 Å². The fourth-order valence-corrected chi connectivity index (χ4v) is 2.75. The van der Waals surface area contributed by atoms with Gasteiger partial charge in [-0.25, -0.2) is 0 Å². The predicted octanol–water partition coefficient (Wildman–Crippen LogP) is 2.11. The van der Waals surface area contributed by atoms with Crippen LogP contribution in [0.3, 0.4) is 0 Å². The number of hydrogen-bond acceptors (Lipinski definition) is 3. The van der Waals surface area contributed by atoms with E-state index >= 15 is 0 Å². The van der Waals surface area contributed by atoms with Gasteiger partial charge in [0.25, 0.3) is 0 Å². The van der Waals surface area contributed by atoms with Gasteiger partial charge in [-0.15, -0.1) is 0 Å². The fourth-order valence-electron chi connectivity index (χ4n) is 2.75. The molecule has 0 aromatic carbocycles. The van der Waals surface area contributed by atoms with Crippen molar-refractivity contribution in [1.29, 1.82) is 0 Å². The molecule has 2 aliphatic carbocycles. The van der Waals surface area contributed by atoms with Gasteiger partial charge < -0.3 is 10.1 Å². The third-order valence-electron chi connectivity index (χ3n) is 4.00. The smallest absolute Gasteiger partial charge is 0.310 e. The SMILES string of the molecule is CCOC(=O)C1CCCC1NCC1CCC1. The summed E-state index contributed by atoms with van der Waals surface area (Å²) in [5.74, 6) is 0.981. The van der Waals surface area contributed by atoms with Crippen LogP contribution in [0.5, 0.6) is 0 Å². The molecule has 0 aliphatic heterocycles. The minimum absolute atomic E-state index is 0.00566. The lowest BCUT2D eigenvalue weighted by molar-refractivity contribution is -0.148. The molecule has 0 spiro atoms. The molecular weight excluding hydrogens is 202 g/mol. The Hall–Kier alpha value is -0.570. The first-order valence-electron chi connectivity index (χ1n) is 6.71. The molecule has 0 aromatic rings. The van der Waals surface area contributed by atoms with Crippen LogP contribution >= 0.6 is 0 Å². The van der Waals surface area contributed by atoms with E-state index in [-0.39, 0.29) is 11.9 Å². The summed E-state index contributed by atoms with van der Waals surface area (Å²) in [7, 11) is 0. The van der Waals surface area contributed by atoms with Gasteiger partial charge in [-0.3, -0.25) is 4.79 Å². The van der Waals surface area contributed by atoms with Crippen molar-refractivity contribution in [3.63, 3.8) is 0 Å². The summed E-state index contributed by atoms with van der Waals surface area (Å²) in [6, 6.07) is 0.375. The van der Waals surface area contributed by atoms with Gasteiger partial charge in [-0.05, 0) is 45.1 Å². The molecular formula is C13H23NO2. The molecule has 0 saturated heterocycles. The molecule has 0 amide bonds. The molecule has 1 N–H and O–H groups in total. The first-order chi connectivity index (χ1) is 7.81. The predicted molar refractivity (Wildman–Crippen MR) is 63.1 cm³/mol. The molecule has 2 aliphatic rings. The van der Waals surface area contributed by atoms with Crippen molar-refractivity contribution in [3.8, 4) is 0 Å². The molecule has 2 fully saturated rings. The van der Waals surface area contributed by atoms with Gasteiger partial charge in [-0.2, -0.15) is 0 Å². The molecule has 2 atom stereocenters. The van der Waals surface area contributed by atoms with Crippen molar-refractivity contribution in [2.24, 2.45) is 11.8 Å². The molecule has 3 nitrogen and oxygen atoms in total. The summed E-state index contributed by atoms with van der Waals surface area (Å²) < 4.78 is 5.12. The van der Waals surface area contributed by atoms with E-state index in [1.165, 1.54) is 19.3 Å². The van der Waals surface area contributed by atoms with Crippen LogP contribution in [0.15, 0.2) is 0 Å². The van der Waals surface area contributed by atoms with Crippen LogP contribution in [-0.4, -0.2) is 25.2 Å². The Bertz CT molecular complexity index is 238. The molecule has 0 aromatic heterocycles. The molecule has 0 bridgehead atoms. The molecule has 16 heavy (non-hydrogen) atoms. The monoisotopic (exact) mass is 225 g/mol. The van der Waals surface area contributed by atoms with Gasteiger partial charge in [0.05, 0.1) is 12.5 Å². The third kappa shape index (κ3) is 2.76. The Morgan fingerprint density at radius 1 is 1.25 bits per heavy atom. The average molecular weight is 225 g/mol. The number of carbonyl (C=O) groups excluding carboxylic acids is 1. The minimum atomic E-state index is 0.00566. The second-order valence-corrected chi connectivity index (χ2v) is 5.10. The second-order valence-electron chi connectivity index (χ2n) is 5.10. The Kier molecular flexibility index (Phi) is 4.22. The maximum atomic E-state index is 11.7. The van der Waals surface area contributed by atoms with Gasteiger partial charge >= 0.3 is 5.97 Å². The average Bonchev–Trinajstić information content (AvgIpc) is 2.64. The number of ether oxygens (including phenoxy) is 1. The lowest BCUT2D eigenvalue weighted by atomic mass is 9.85. The van der Waals surface area contributed by atoms with Crippen molar-refractivity contribution in [2.45, 2.75) is 51.5 Å². The zero-order valence-electron chi connectivity index (χ0n) is 10.2. The number of rotatable bonds is 5. The van der Waals surface area contributed by atoms with Crippen LogP contribution in [0.25, 0.3) is 0 Å². The number of nitrogens with one attached hydrogen (secondary N) is 1. The molecule has 92 valence electrons. The maximum absolute atomic E-state index is 11.7. The Morgan fingerprint density at radius 2 is 2.00 bits per heavy atom. The van der Waals surface area contributed by atoms with Gasteiger partial charge in [-0.1, -0.05) is 12.8 Å². The van der Waals surface area contributed by atoms with Crippen LogP contribution in [0.4, 0.5) is 0 Å². The highest BCUT2D eigenvalue weighted by Gasteiger charge is 2.34. The molecule has 2 rings (SSSR count). The van der Waals surface area contributed by atoms with Gasteiger partial charge in [0, 0.05) is 6.04 Å². The third-order valence-corrected chi connectivity index (χ3v) is 4.00. The van der Waals surface area contributed by atoms with Gasteiger partial charge in [0.15, 0.2) is 0 Å². The largest absolute Gasteiger partial charge is 0.466 e. The summed E-state index contributed by atoms with van der Waals surface area (Å²) in [6.45, 7) is 3.48. The molecule has 0 heterocycles. The molecule has 0 radical (unpaired) electrons. The summed E-state index contributed by atoms with van der Waals surface area (Å²) >= 11 is 0. The zero-order chi connectivity index (χ0) is 11.4. The standard InChI is InChI=1S/C13H23NO2/c1-2-16-13(15)11-7-4-8-12(11)14-9-10-5-3-6-10/h10-12,14H,2-9H2,1H3. The van der Waals surface area contributed by atoms with Crippen LogP contribution in [0, 0.1) is 11.8 Å². The summed E-state index contributed by atoms with van der Waals surface area (Å²) in [4.78, 5) is 11.7. The van der Waals surface area contributed by atoms with Crippen molar-refractivity contribution >= 4 is 5.97 Å². The molecule has 3 heteroatoms. The lowest BCUT2D eigenvalue weighted by Gasteiger charge is -2.28. The number of esters is 1. The quantitative estimate of drug-likeness (QED) is 0.728. The number of carbonyl (C=O) groups is 1. The van der Waals surface area contributed by atoms with Crippen LogP contribution in [-0.2, 0) is 9.53 Å². The van der Waals surface area contributed by atoms with E-state index in [2.05, 4.69) is 5.32 Å². The minimum Gasteiger partial charge on any atom is -0.466 e. The maximum Gasteiger partial charge on any atom is 0.310 e. The highest BCUT2D eigenvalue weighted by Crippen LogP contribution is 2.29. The Morgan fingerprint density at radius 3 is 2.62 bits per heavy atom. The van der Waals surface area contributed by atoms with Crippen molar-refractivity contribution in [3.05, 3.63) is 0 Å².